The van der Waals surface area contributed by atoms with Gasteiger partial charge in [0.05, 0.1) is 5.69 Å². The molecule has 0 aliphatic rings. The van der Waals surface area contributed by atoms with Gasteiger partial charge in [-0.2, -0.15) is 0 Å². The molecule has 0 aliphatic heterocycles. The highest BCUT2D eigenvalue weighted by Gasteiger charge is 1.90. The summed E-state index contributed by atoms with van der Waals surface area (Å²) in [5, 5.41) is 1.99. The molecule has 0 aliphatic carbocycles. The molecule has 0 amide bonds. The van der Waals surface area contributed by atoms with E-state index >= 15 is 0 Å². The zero-order valence-corrected chi connectivity index (χ0v) is 8.17. The molecule has 1 aromatic heterocycles. The lowest BCUT2D eigenvalue weighted by molar-refractivity contribution is 0.628. The minimum atomic E-state index is -0.236. The summed E-state index contributed by atoms with van der Waals surface area (Å²) in [6.45, 7) is 0. The molecule has 1 heterocycles. The van der Waals surface area contributed by atoms with Crippen LogP contribution in [0.2, 0.25) is 0 Å². The van der Waals surface area contributed by atoms with Crippen LogP contribution in [0.25, 0.3) is 0 Å². The van der Waals surface area contributed by atoms with Gasteiger partial charge in [-0.25, -0.2) is 4.39 Å². The lowest BCUT2D eigenvalue weighted by atomic mass is 10.3. The molecule has 0 N–H and O–H groups in total. The van der Waals surface area contributed by atoms with Gasteiger partial charge in [-0.05, 0) is 35.7 Å². The largest absolute Gasteiger partial charge is 0.255 e. The Labute approximate surface area is 85.6 Å². The maximum absolute atomic E-state index is 12.6. The molecule has 2 aromatic rings. The third-order valence-corrected chi connectivity index (χ3v) is 2.52. The molecule has 0 fully saturated rings. The number of rotatable bonds is 2. The van der Waals surface area contributed by atoms with Crippen molar-refractivity contribution in [1.82, 2.24) is 0 Å². The van der Waals surface area contributed by atoms with Gasteiger partial charge in [0, 0.05) is 11.1 Å². The van der Waals surface area contributed by atoms with E-state index < -0.39 is 0 Å². The number of hydrogen-bond acceptors (Lipinski definition) is 2. The molecule has 1 nitrogen and oxygen atoms in total. The molecular weight excluding hydrogens is 197 g/mol. The zero-order valence-electron chi connectivity index (χ0n) is 7.35. The minimum Gasteiger partial charge on any atom is -0.255 e. The van der Waals surface area contributed by atoms with E-state index in [-0.39, 0.29) is 5.82 Å². The summed E-state index contributed by atoms with van der Waals surface area (Å²) in [6, 6.07) is 10.1. The third-order valence-electron chi connectivity index (χ3n) is 1.71. The SMILES string of the molecule is Fc1ccc(N=Cc2cccs2)cc1. The fourth-order valence-electron chi connectivity index (χ4n) is 1.03. The normalized spacial score (nSPS) is 10.9. The van der Waals surface area contributed by atoms with Crippen molar-refractivity contribution in [1.29, 1.82) is 0 Å². The zero-order chi connectivity index (χ0) is 9.80. The van der Waals surface area contributed by atoms with Crippen LogP contribution in [0.15, 0.2) is 46.8 Å². The van der Waals surface area contributed by atoms with Crippen molar-refractivity contribution in [3.05, 3.63) is 52.5 Å². The van der Waals surface area contributed by atoms with E-state index in [4.69, 9.17) is 0 Å². The van der Waals surface area contributed by atoms with E-state index in [1.54, 1.807) is 29.7 Å². The van der Waals surface area contributed by atoms with E-state index in [9.17, 15) is 4.39 Å². The maximum Gasteiger partial charge on any atom is 0.123 e. The molecule has 0 saturated carbocycles. The van der Waals surface area contributed by atoms with Crippen LogP contribution in [0.4, 0.5) is 10.1 Å². The second-order valence-corrected chi connectivity index (χ2v) is 3.73. The highest BCUT2D eigenvalue weighted by molar-refractivity contribution is 7.11. The Hall–Kier alpha value is -1.48. The van der Waals surface area contributed by atoms with Crippen molar-refractivity contribution in [3.63, 3.8) is 0 Å². The molecule has 0 unspecified atom stereocenters. The first-order valence-electron chi connectivity index (χ1n) is 4.18. The van der Waals surface area contributed by atoms with Crippen LogP contribution in [0, 0.1) is 5.82 Å². The highest BCUT2D eigenvalue weighted by atomic mass is 32.1. The van der Waals surface area contributed by atoms with Crippen LogP contribution in [-0.2, 0) is 0 Å². The van der Waals surface area contributed by atoms with Gasteiger partial charge in [-0.1, -0.05) is 6.07 Å². The minimum absolute atomic E-state index is 0.236. The summed E-state index contributed by atoms with van der Waals surface area (Å²) in [7, 11) is 0. The molecule has 3 heteroatoms. The smallest absolute Gasteiger partial charge is 0.123 e. The van der Waals surface area contributed by atoms with E-state index in [1.165, 1.54) is 12.1 Å². The summed E-state index contributed by atoms with van der Waals surface area (Å²) in [5.41, 5.74) is 0.764. The van der Waals surface area contributed by atoms with Crippen LogP contribution in [0.5, 0.6) is 0 Å². The van der Waals surface area contributed by atoms with Crippen molar-refractivity contribution in [2.45, 2.75) is 0 Å². The second kappa shape index (κ2) is 4.15. The van der Waals surface area contributed by atoms with Crippen molar-refractivity contribution in [2.24, 2.45) is 4.99 Å². The monoisotopic (exact) mass is 205 g/mol. The Kier molecular flexibility index (Phi) is 2.70. The maximum atomic E-state index is 12.6. The predicted octanol–water partition coefficient (Wildman–Crippen LogP) is 3.64. The Balaban J connectivity index is 2.15. The topological polar surface area (TPSA) is 12.4 Å². The molecule has 0 radical (unpaired) electrons. The molecule has 2 rings (SSSR count). The standard InChI is InChI=1S/C11H8FNS/c12-9-3-5-10(6-4-9)13-8-11-2-1-7-14-11/h1-8H. The van der Waals surface area contributed by atoms with Crippen LogP contribution in [0.1, 0.15) is 4.88 Å². The summed E-state index contributed by atoms with van der Waals surface area (Å²) in [6.07, 6.45) is 1.78. The molecule has 1 aromatic carbocycles. The second-order valence-electron chi connectivity index (χ2n) is 2.75. The molecule has 0 bridgehead atoms. The van der Waals surface area contributed by atoms with Gasteiger partial charge in [0.25, 0.3) is 0 Å². The first-order chi connectivity index (χ1) is 6.84. The Morgan fingerprint density at radius 1 is 1.14 bits per heavy atom. The van der Waals surface area contributed by atoms with Crippen molar-refractivity contribution in [3.8, 4) is 0 Å². The lowest BCUT2D eigenvalue weighted by Gasteiger charge is -1.91. The number of hydrogen-bond donors (Lipinski definition) is 0. The molecular formula is C11H8FNS. The van der Waals surface area contributed by atoms with Crippen LogP contribution < -0.4 is 0 Å². The Morgan fingerprint density at radius 2 is 1.93 bits per heavy atom. The molecule has 14 heavy (non-hydrogen) atoms. The fourth-order valence-corrected chi connectivity index (χ4v) is 1.62. The number of nitrogens with zero attached hydrogens (tertiary/aromatic N) is 1. The van der Waals surface area contributed by atoms with Gasteiger partial charge in [0.15, 0.2) is 0 Å². The van der Waals surface area contributed by atoms with Gasteiger partial charge in [-0.15, -0.1) is 11.3 Å². The van der Waals surface area contributed by atoms with E-state index in [2.05, 4.69) is 4.99 Å². The summed E-state index contributed by atoms with van der Waals surface area (Å²) in [5.74, 6) is -0.236. The van der Waals surface area contributed by atoms with Crippen molar-refractivity contribution >= 4 is 23.2 Å². The van der Waals surface area contributed by atoms with E-state index in [1.807, 2.05) is 17.5 Å². The number of benzene rings is 1. The van der Waals surface area contributed by atoms with Gasteiger partial charge in [-0.3, -0.25) is 4.99 Å². The van der Waals surface area contributed by atoms with Crippen LogP contribution in [0.3, 0.4) is 0 Å². The predicted molar refractivity (Wildman–Crippen MR) is 58.0 cm³/mol. The van der Waals surface area contributed by atoms with E-state index in [0.29, 0.717) is 0 Å². The summed E-state index contributed by atoms with van der Waals surface area (Å²) < 4.78 is 12.6. The average molecular weight is 205 g/mol. The molecule has 0 saturated heterocycles. The van der Waals surface area contributed by atoms with Gasteiger partial charge in [0.1, 0.15) is 5.82 Å². The molecule has 0 spiro atoms. The first kappa shape index (κ1) is 9.09. The van der Waals surface area contributed by atoms with E-state index in [0.717, 1.165) is 10.6 Å². The Bertz CT molecular complexity index is 417. The van der Waals surface area contributed by atoms with Crippen LogP contribution >= 0.6 is 11.3 Å². The highest BCUT2D eigenvalue weighted by Crippen LogP contribution is 2.13. The van der Waals surface area contributed by atoms with Crippen molar-refractivity contribution in [2.75, 3.05) is 0 Å². The summed E-state index contributed by atoms with van der Waals surface area (Å²) >= 11 is 1.62. The summed E-state index contributed by atoms with van der Waals surface area (Å²) in [4.78, 5) is 5.30. The van der Waals surface area contributed by atoms with Gasteiger partial charge < -0.3 is 0 Å². The third kappa shape index (κ3) is 2.26. The van der Waals surface area contributed by atoms with Gasteiger partial charge >= 0.3 is 0 Å². The molecule has 70 valence electrons. The number of halogens is 1. The van der Waals surface area contributed by atoms with Crippen LogP contribution in [-0.4, -0.2) is 6.21 Å². The quantitative estimate of drug-likeness (QED) is 0.664. The van der Waals surface area contributed by atoms with Gasteiger partial charge in [0.2, 0.25) is 0 Å². The Morgan fingerprint density at radius 3 is 2.57 bits per heavy atom. The van der Waals surface area contributed by atoms with Crippen molar-refractivity contribution < 1.29 is 4.39 Å². The number of thiophene rings is 1. The fraction of sp³-hybridized carbons (Fsp3) is 0. The average Bonchev–Trinajstić information content (AvgIpc) is 2.70. The number of aliphatic imine (C=N–C) groups is 1. The lowest BCUT2D eigenvalue weighted by Crippen LogP contribution is -1.73. The molecule has 0 atom stereocenters. The first-order valence-corrected chi connectivity index (χ1v) is 5.06.